The lowest BCUT2D eigenvalue weighted by Gasteiger charge is -2.28. The normalized spacial score (nSPS) is 20.6. The Morgan fingerprint density at radius 3 is 2.79 bits per heavy atom. The molecular weight excluding hydrogens is 246 g/mol. The maximum atomic E-state index is 12.2. The third-order valence-electron chi connectivity index (χ3n) is 3.36. The molecule has 6 heteroatoms. The maximum Gasteiger partial charge on any atom is 0.223 e. The molecule has 0 saturated carbocycles. The molecule has 1 saturated heterocycles. The highest BCUT2D eigenvalue weighted by atomic mass is 16.5. The molecule has 0 bridgehead atoms. The van der Waals surface area contributed by atoms with Crippen molar-refractivity contribution in [3.05, 3.63) is 0 Å². The summed E-state index contributed by atoms with van der Waals surface area (Å²) in [5, 5.41) is 11.5. The van der Waals surface area contributed by atoms with E-state index < -0.39 is 0 Å². The number of oxime groups is 1. The van der Waals surface area contributed by atoms with E-state index in [-0.39, 0.29) is 30.4 Å². The first-order valence-electron chi connectivity index (χ1n) is 6.92. The van der Waals surface area contributed by atoms with Crippen LogP contribution < -0.4 is 5.73 Å². The molecule has 1 atom stereocenters. The first-order chi connectivity index (χ1) is 9.04. The van der Waals surface area contributed by atoms with E-state index in [9.17, 15) is 4.79 Å². The Labute approximate surface area is 114 Å². The number of hydrogen-bond donors (Lipinski definition) is 2. The Morgan fingerprint density at radius 2 is 2.26 bits per heavy atom. The van der Waals surface area contributed by atoms with Crippen molar-refractivity contribution in [3.63, 3.8) is 0 Å². The van der Waals surface area contributed by atoms with Gasteiger partial charge in [-0.3, -0.25) is 4.79 Å². The minimum atomic E-state index is 0.0239. The van der Waals surface area contributed by atoms with Crippen molar-refractivity contribution in [1.29, 1.82) is 0 Å². The summed E-state index contributed by atoms with van der Waals surface area (Å²) < 4.78 is 5.61. The molecular formula is C13H25N3O3. The summed E-state index contributed by atoms with van der Waals surface area (Å²) in [6.45, 7) is 4.80. The minimum Gasteiger partial charge on any atom is -0.409 e. The first kappa shape index (κ1) is 15.8. The molecule has 1 amide bonds. The summed E-state index contributed by atoms with van der Waals surface area (Å²) in [6.07, 6.45) is 4.73. The number of ether oxygens (including phenoxy) is 1. The van der Waals surface area contributed by atoms with Crippen molar-refractivity contribution >= 4 is 11.7 Å². The third kappa shape index (κ3) is 5.46. The minimum absolute atomic E-state index is 0.0239. The molecule has 0 radical (unpaired) electrons. The van der Waals surface area contributed by atoms with Gasteiger partial charge in [0.1, 0.15) is 0 Å². The summed E-state index contributed by atoms with van der Waals surface area (Å²) >= 11 is 0. The molecule has 19 heavy (non-hydrogen) atoms. The van der Waals surface area contributed by atoms with Crippen LogP contribution in [-0.2, 0) is 9.53 Å². The fourth-order valence-electron chi connectivity index (χ4n) is 2.23. The van der Waals surface area contributed by atoms with Crippen LogP contribution in [0.25, 0.3) is 0 Å². The van der Waals surface area contributed by atoms with Gasteiger partial charge >= 0.3 is 0 Å². The largest absolute Gasteiger partial charge is 0.409 e. The summed E-state index contributed by atoms with van der Waals surface area (Å²) in [7, 11) is 0. The number of carbonyl (C=O) groups is 1. The van der Waals surface area contributed by atoms with Gasteiger partial charge in [0.05, 0.1) is 12.6 Å². The molecule has 1 rings (SSSR count). The van der Waals surface area contributed by atoms with E-state index in [4.69, 9.17) is 15.7 Å². The molecule has 1 heterocycles. The second kappa shape index (κ2) is 7.99. The van der Waals surface area contributed by atoms with Gasteiger partial charge in [0.25, 0.3) is 0 Å². The summed E-state index contributed by atoms with van der Waals surface area (Å²) in [4.78, 5) is 13.8. The van der Waals surface area contributed by atoms with Crippen LogP contribution in [-0.4, -0.2) is 47.1 Å². The van der Waals surface area contributed by atoms with Crippen LogP contribution in [0.2, 0.25) is 0 Å². The Bertz CT molecular complexity index is 312. The summed E-state index contributed by atoms with van der Waals surface area (Å²) in [5.74, 6) is 0.0757. The van der Waals surface area contributed by atoms with Crippen molar-refractivity contribution < 1.29 is 14.7 Å². The van der Waals surface area contributed by atoms with Gasteiger partial charge in [-0.1, -0.05) is 5.16 Å². The van der Waals surface area contributed by atoms with Crippen molar-refractivity contribution in [2.75, 3.05) is 13.2 Å². The van der Waals surface area contributed by atoms with Crippen LogP contribution in [0, 0.1) is 0 Å². The zero-order valence-electron chi connectivity index (χ0n) is 11.8. The average Bonchev–Trinajstić information content (AvgIpc) is 2.42. The lowest BCUT2D eigenvalue weighted by Crippen LogP contribution is -2.43. The molecule has 0 aromatic heterocycles. The summed E-state index contributed by atoms with van der Waals surface area (Å²) in [5.41, 5.74) is 5.47. The van der Waals surface area contributed by atoms with Crippen LogP contribution in [0.15, 0.2) is 5.16 Å². The standard InChI is InChI=1S/C13H25N3O3/c1-10(2)16(9-12(14)15-18)13(17)7-6-11-5-3-4-8-19-11/h10-11,18H,3-9H2,1-2H3,(H2,14,15). The topological polar surface area (TPSA) is 88.1 Å². The highest BCUT2D eigenvalue weighted by molar-refractivity contribution is 5.87. The van der Waals surface area contributed by atoms with Gasteiger partial charge in [-0.25, -0.2) is 0 Å². The molecule has 1 unspecified atom stereocenters. The molecule has 0 aliphatic carbocycles. The number of hydrogen-bond acceptors (Lipinski definition) is 4. The molecule has 0 aromatic rings. The van der Waals surface area contributed by atoms with E-state index in [0.29, 0.717) is 6.42 Å². The average molecular weight is 271 g/mol. The van der Waals surface area contributed by atoms with E-state index >= 15 is 0 Å². The van der Waals surface area contributed by atoms with Crippen molar-refractivity contribution in [2.45, 2.75) is 58.1 Å². The lowest BCUT2D eigenvalue weighted by molar-refractivity contribution is -0.133. The first-order valence-corrected chi connectivity index (χ1v) is 6.92. The number of carbonyl (C=O) groups excluding carboxylic acids is 1. The van der Waals surface area contributed by atoms with Crippen molar-refractivity contribution in [2.24, 2.45) is 10.9 Å². The van der Waals surface area contributed by atoms with Gasteiger partial charge in [-0.05, 0) is 39.5 Å². The Balaban J connectivity index is 2.42. The predicted octanol–water partition coefficient (Wildman–Crippen LogP) is 1.32. The highest BCUT2D eigenvalue weighted by Gasteiger charge is 2.21. The van der Waals surface area contributed by atoms with Crippen LogP contribution in [0.5, 0.6) is 0 Å². The van der Waals surface area contributed by atoms with Crippen LogP contribution in [0.1, 0.15) is 46.0 Å². The molecule has 1 aliphatic rings. The molecule has 1 aliphatic heterocycles. The van der Waals surface area contributed by atoms with Gasteiger partial charge in [0, 0.05) is 19.1 Å². The quantitative estimate of drug-likeness (QED) is 0.330. The van der Waals surface area contributed by atoms with E-state index in [0.717, 1.165) is 25.9 Å². The number of nitrogens with two attached hydrogens (primary N) is 1. The maximum absolute atomic E-state index is 12.2. The van der Waals surface area contributed by atoms with Crippen LogP contribution >= 0.6 is 0 Å². The van der Waals surface area contributed by atoms with E-state index in [1.54, 1.807) is 4.90 Å². The second-order valence-corrected chi connectivity index (χ2v) is 5.23. The highest BCUT2D eigenvalue weighted by Crippen LogP contribution is 2.17. The molecule has 3 N–H and O–H groups in total. The number of amides is 1. The predicted molar refractivity (Wildman–Crippen MR) is 73.1 cm³/mol. The molecule has 110 valence electrons. The third-order valence-corrected chi connectivity index (χ3v) is 3.36. The van der Waals surface area contributed by atoms with Crippen LogP contribution in [0.4, 0.5) is 0 Å². The summed E-state index contributed by atoms with van der Waals surface area (Å²) in [6, 6.07) is 0.0278. The zero-order chi connectivity index (χ0) is 14.3. The fraction of sp³-hybridized carbons (Fsp3) is 0.846. The zero-order valence-corrected chi connectivity index (χ0v) is 11.8. The molecule has 6 nitrogen and oxygen atoms in total. The Morgan fingerprint density at radius 1 is 1.53 bits per heavy atom. The molecule has 0 spiro atoms. The molecule has 0 aromatic carbocycles. The SMILES string of the molecule is CC(C)N(CC(N)=NO)C(=O)CCC1CCCCO1. The van der Waals surface area contributed by atoms with Crippen molar-refractivity contribution in [1.82, 2.24) is 4.90 Å². The van der Waals surface area contributed by atoms with Gasteiger partial charge in [0.2, 0.25) is 5.91 Å². The van der Waals surface area contributed by atoms with Gasteiger partial charge in [0.15, 0.2) is 5.84 Å². The Hall–Kier alpha value is -1.30. The van der Waals surface area contributed by atoms with E-state index in [2.05, 4.69) is 5.16 Å². The molecule has 1 fully saturated rings. The number of nitrogens with zero attached hydrogens (tertiary/aromatic N) is 2. The van der Waals surface area contributed by atoms with Gasteiger partial charge in [-0.15, -0.1) is 0 Å². The second-order valence-electron chi connectivity index (χ2n) is 5.23. The van der Waals surface area contributed by atoms with Crippen LogP contribution in [0.3, 0.4) is 0 Å². The van der Waals surface area contributed by atoms with Gasteiger partial charge < -0.3 is 20.6 Å². The van der Waals surface area contributed by atoms with E-state index in [1.165, 1.54) is 6.42 Å². The number of rotatable bonds is 6. The van der Waals surface area contributed by atoms with Crippen molar-refractivity contribution in [3.8, 4) is 0 Å². The van der Waals surface area contributed by atoms with E-state index in [1.807, 2.05) is 13.8 Å². The monoisotopic (exact) mass is 271 g/mol. The van der Waals surface area contributed by atoms with Gasteiger partial charge in [-0.2, -0.15) is 0 Å². The lowest BCUT2D eigenvalue weighted by atomic mass is 10.0. The fourth-order valence-corrected chi connectivity index (χ4v) is 2.23. The Kier molecular flexibility index (Phi) is 6.62. The number of amidine groups is 1. The smallest absolute Gasteiger partial charge is 0.223 e.